The number of benzene rings is 1. The van der Waals surface area contributed by atoms with Gasteiger partial charge >= 0.3 is 0 Å². The largest absolute Gasteiger partial charge is 0.467 e. The minimum Gasteiger partial charge on any atom is -0.467 e. The van der Waals surface area contributed by atoms with Crippen LogP contribution in [-0.2, 0) is 32.6 Å². The van der Waals surface area contributed by atoms with E-state index < -0.39 is 10.0 Å². The first-order valence-electron chi connectivity index (χ1n) is 10.6. The standard InChI is InChI=1S/C22H30FN3O5S/c1-32(28,29)26(10-3-9-24-11-14-30-15-12-24)18-22(27)25(17-21-4-2-13-31-21)16-19-5-7-20(23)8-6-19/h2,4-8,13H,3,9-12,14-18H2,1H3. The van der Waals surface area contributed by atoms with Gasteiger partial charge in [-0.25, -0.2) is 12.8 Å². The summed E-state index contributed by atoms with van der Waals surface area (Å²) in [5, 5.41) is 0. The predicted octanol–water partition coefficient (Wildman–Crippen LogP) is 1.93. The normalized spacial score (nSPS) is 15.2. The van der Waals surface area contributed by atoms with Gasteiger partial charge < -0.3 is 14.1 Å². The quantitative estimate of drug-likeness (QED) is 0.502. The van der Waals surface area contributed by atoms with Crippen LogP contribution in [0.25, 0.3) is 0 Å². The van der Waals surface area contributed by atoms with E-state index in [1.807, 2.05) is 0 Å². The molecule has 0 spiro atoms. The molecule has 0 aliphatic carbocycles. The number of amides is 1. The van der Waals surface area contributed by atoms with Crippen LogP contribution in [0.4, 0.5) is 4.39 Å². The molecule has 2 aromatic rings. The Morgan fingerprint density at radius 2 is 1.84 bits per heavy atom. The number of nitrogens with zero attached hydrogens (tertiary/aromatic N) is 3. The summed E-state index contributed by atoms with van der Waals surface area (Å²) < 4.78 is 49.9. The number of furan rings is 1. The number of carbonyl (C=O) groups excluding carboxylic acids is 1. The molecule has 1 aromatic heterocycles. The first-order chi connectivity index (χ1) is 15.3. The summed E-state index contributed by atoms with van der Waals surface area (Å²) in [5.41, 5.74) is 0.740. The third kappa shape index (κ3) is 7.70. The second-order valence-electron chi connectivity index (χ2n) is 7.86. The van der Waals surface area contributed by atoms with Gasteiger partial charge in [0.2, 0.25) is 15.9 Å². The van der Waals surface area contributed by atoms with Crippen LogP contribution in [0, 0.1) is 5.82 Å². The lowest BCUT2D eigenvalue weighted by atomic mass is 10.2. The molecule has 3 rings (SSSR count). The van der Waals surface area contributed by atoms with Gasteiger partial charge in [0.25, 0.3) is 0 Å². The number of ether oxygens (including phenoxy) is 1. The third-order valence-corrected chi connectivity index (χ3v) is 6.58. The van der Waals surface area contributed by atoms with Crippen LogP contribution in [0.1, 0.15) is 17.7 Å². The van der Waals surface area contributed by atoms with Gasteiger partial charge in [-0.2, -0.15) is 4.31 Å². The maximum Gasteiger partial charge on any atom is 0.238 e. The summed E-state index contributed by atoms with van der Waals surface area (Å²) in [4.78, 5) is 16.9. The van der Waals surface area contributed by atoms with E-state index in [2.05, 4.69) is 4.90 Å². The fraction of sp³-hybridized carbons (Fsp3) is 0.500. The highest BCUT2D eigenvalue weighted by Gasteiger charge is 2.24. The Balaban J connectivity index is 1.65. The zero-order valence-electron chi connectivity index (χ0n) is 18.3. The van der Waals surface area contributed by atoms with E-state index in [4.69, 9.17) is 9.15 Å². The molecule has 1 aliphatic heterocycles. The average Bonchev–Trinajstić information content (AvgIpc) is 3.27. The number of halogens is 1. The van der Waals surface area contributed by atoms with E-state index in [-0.39, 0.29) is 37.9 Å². The van der Waals surface area contributed by atoms with Gasteiger partial charge in [0, 0.05) is 26.2 Å². The van der Waals surface area contributed by atoms with Crippen LogP contribution in [-0.4, -0.2) is 80.6 Å². The molecule has 1 fully saturated rings. The molecule has 0 bridgehead atoms. The minimum atomic E-state index is -3.57. The number of hydrogen-bond donors (Lipinski definition) is 0. The Bertz CT molecular complexity index is 944. The van der Waals surface area contributed by atoms with Crippen molar-refractivity contribution < 1.29 is 26.8 Å². The van der Waals surface area contributed by atoms with Crippen molar-refractivity contribution in [1.29, 1.82) is 0 Å². The highest BCUT2D eigenvalue weighted by molar-refractivity contribution is 7.88. The van der Waals surface area contributed by atoms with Gasteiger partial charge in [-0.15, -0.1) is 0 Å². The maximum atomic E-state index is 13.3. The maximum absolute atomic E-state index is 13.3. The number of hydrogen-bond acceptors (Lipinski definition) is 6. The minimum absolute atomic E-state index is 0.189. The predicted molar refractivity (Wildman–Crippen MR) is 118 cm³/mol. The van der Waals surface area contributed by atoms with Crippen molar-refractivity contribution in [3.63, 3.8) is 0 Å². The van der Waals surface area contributed by atoms with Crippen LogP contribution in [0.5, 0.6) is 0 Å². The molecular formula is C22H30FN3O5S. The molecule has 10 heteroatoms. The summed E-state index contributed by atoms with van der Waals surface area (Å²) in [6, 6.07) is 9.35. The van der Waals surface area contributed by atoms with Crippen LogP contribution >= 0.6 is 0 Å². The molecule has 0 atom stereocenters. The van der Waals surface area contributed by atoms with E-state index in [9.17, 15) is 17.6 Å². The number of morpholine rings is 1. The molecule has 0 radical (unpaired) electrons. The van der Waals surface area contributed by atoms with Crippen molar-refractivity contribution in [3.05, 3.63) is 59.8 Å². The van der Waals surface area contributed by atoms with Crippen molar-refractivity contribution in [2.24, 2.45) is 0 Å². The molecule has 0 saturated carbocycles. The second kappa shape index (κ2) is 11.6. The first-order valence-corrected chi connectivity index (χ1v) is 12.5. The lowest BCUT2D eigenvalue weighted by molar-refractivity contribution is -0.133. The monoisotopic (exact) mass is 467 g/mol. The van der Waals surface area contributed by atoms with Crippen molar-refractivity contribution in [1.82, 2.24) is 14.1 Å². The molecule has 2 heterocycles. The van der Waals surface area contributed by atoms with E-state index in [0.29, 0.717) is 25.4 Å². The highest BCUT2D eigenvalue weighted by atomic mass is 32.2. The zero-order chi connectivity index (χ0) is 23.0. The lowest BCUT2D eigenvalue weighted by Gasteiger charge is -2.28. The SMILES string of the molecule is CS(=O)(=O)N(CCCN1CCOCC1)CC(=O)N(Cc1ccc(F)cc1)Cc1ccco1. The Morgan fingerprint density at radius 1 is 1.12 bits per heavy atom. The number of rotatable bonds is 11. The molecule has 176 valence electrons. The zero-order valence-corrected chi connectivity index (χ0v) is 19.1. The Morgan fingerprint density at radius 3 is 2.47 bits per heavy atom. The fourth-order valence-corrected chi connectivity index (χ4v) is 4.35. The molecule has 8 nitrogen and oxygen atoms in total. The third-order valence-electron chi connectivity index (χ3n) is 5.33. The van der Waals surface area contributed by atoms with Gasteiger partial charge in [-0.1, -0.05) is 12.1 Å². The van der Waals surface area contributed by atoms with Crippen LogP contribution in [0.15, 0.2) is 47.1 Å². The molecule has 0 N–H and O–H groups in total. The summed E-state index contributed by atoms with van der Waals surface area (Å²) in [5.74, 6) is -0.123. The highest BCUT2D eigenvalue weighted by Crippen LogP contribution is 2.13. The lowest BCUT2D eigenvalue weighted by Crippen LogP contribution is -2.43. The van der Waals surface area contributed by atoms with Crippen LogP contribution in [0.2, 0.25) is 0 Å². The molecule has 32 heavy (non-hydrogen) atoms. The van der Waals surface area contributed by atoms with E-state index in [1.54, 1.807) is 24.3 Å². The topological polar surface area (TPSA) is 83.3 Å². The Kier molecular flexibility index (Phi) is 8.80. The van der Waals surface area contributed by atoms with Crippen molar-refractivity contribution in [3.8, 4) is 0 Å². The second-order valence-corrected chi connectivity index (χ2v) is 9.84. The van der Waals surface area contributed by atoms with E-state index in [0.717, 1.165) is 31.5 Å². The van der Waals surface area contributed by atoms with Crippen molar-refractivity contribution in [2.45, 2.75) is 19.5 Å². The summed E-state index contributed by atoms with van der Waals surface area (Å²) in [7, 11) is -3.57. The smallest absolute Gasteiger partial charge is 0.238 e. The average molecular weight is 468 g/mol. The first kappa shape index (κ1) is 24.4. The molecular weight excluding hydrogens is 437 g/mol. The van der Waals surface area contributed by atoms with Gasteiger partial charge in [0.05, 0.1) is 38.8 Å². The summed E-state index contributed by atoms with van der Waals surface area (Å²) in [6.45, 7) is 4.16. The van der Waals surface area contributed by atoms with Gasteiger partial charge in [0.15, 0.2) is 0 Å². The molecule has 1 aromatic carbocycles. The van der Waals surface area contributed by atoms with Gasteiger partial charge in [0.1, 0.15) is 11.6 Å². The molecule has 1 amide bonds. The van der Waals surface area contributed by atoms with Crippen LogP contribution < -0.4 is 0 Å². The summed E-state index contributed by atoms with van der Waals surface area (Å²) in [6.07, 6.45) is 3.26. The van der Waals surface area contributed by atoms with Crippen molar-refractivity contribution >= 4 is 15.9 Å². The summed E-state index contributed by atoms with van der Waals surface area (Å²) >= 11 is 0. The number of sulfonamides is 1. The fourth-order valence-electron chi connectivity index (χ4n) is 3.54. The van der Waals surface area contributed by atoms with Gasteiger partial charge in [-0.3, -0.25) is 9.69 Å². The van der Waals surface area contributed by atoms with E-state index in [1.165, 1.54) is 27.6 Å². The van der Waals surface area contributed by atoms with E-state index >= 15 is 0 Å². The number of carbonyl (C=O) groups is 1. The molecule has 0 unspecified atom stereocenters. The van der Waals surface area contributed by atoms with Gasteiger partial charge in [-0.05, 0) is 42.8 Å². The Hall–Kier alpha value is -2.27. The van der Waals surface area contributed by atoms with Crippen molar-refractivity contribution in [2.75, 3.05) is 52.2 Å². The van der Waals surface area contributed by atoms with Crippen LogP contribution in [0.3, 0.4) is 0 Å². The molecule has 1 saturated heterocycles. The Labute approximate surface area is 188 Å². The molecule has 1 aliphatic rings.